The first-order valence-electron chi connectivity index (χ1n) is 6.14. The molecule has 1 aromatic heterocycles. The number of aryl methyl sites for hydroxylation is 1. The van der Waals surface area contributed by atoms with E-state index in [0.29, 0.717) is 5.56 Å². The highest BCUT2D eigenvalue weighted by molar-refractivity contribution is 9.10. The molecule has 4 nitrogen and oxygen atoms in total. The van der Waals surface area contributed by atoms with E-state index >= 15 is 0 Å². The maximum Gasteiger partial charge on any atom is 0.255 e. The molecule has 2 aromatic carbocycles. The van der Waals surface area contributed by atoms with E-state index in [1.807, 2.05) is 37.3 Å². The normalized spacial score (nSPS) is 10.7. The third kappa shape index (κ3) is 2.44. The minimum atomic E-state index is -0.125. The Morgan fingerprint density at radius 1 is 1.25 bits per heavy atom. The van der Waals surface area contributed by atoms with Crippen LogP contribution in [-0.4, -0.2) is 16.1 Å². The van der Waals surface area contributed by atoms with Gasteiger partial charge in [0.05, 0.1) is 11.7 Å². The number of carbonyl (C=O) groups is 1. The summed E-state index contributed by atoms with van der Waals surface area (Å²) >= 11 is 3.43. The Morgan fingerprint density at radius 3 is 2.90 bits per heavy atom. The largest absolute Gasteiger partial charge is 0.322 e. The Bertz CT molecular complexity index is 795. The maximum absolute atomic E-state index is 12.2. The number of H-pyrrole nitrogens is 1. The number of carbonyl (C=O) groups excluding carboxylic acids is 1. The van der Waals surface area contributed by atoms with Crippen molar-refractivity contribution in [2.75, 3.05) is 5.32 Å². The van der Waals surface area contributed by atoms with Crippen LogP contribution < -0.4 is 5.32 Å². The molecule has 100 valence electrons. The van der Waals surface area contributed by atoms with Gasteiger partial charge >= 0.3 is 0 Å². The summed E-state index contributed by atoms with van der Waals surface area (Å²) in [5.41, 5.74) is 3.30. The van der Waals surface area contributed by atoms with Gasteiger partial charge in [-0.05, 0) is 48.9 Å². The summed E-state index contributed by atoms with van der Waals surface area (Å²) in [5, 5.41) is 10.7. The average molecular weight is 330 g/mol. The molecule has 0 aliphatic heterocycles. The van der Waals surface area contributed by atoms with Gasteiger partial charge in [0, 0.05) is 21.1 Å². The topological polar surface area (TPSA) is 57.8 Å². The van der Waals surface area contributed by atoms with Crippen molar-refractivity contribution in [1.29, 1.82) is 0 Å². The number of anilines is 1. The van der Waals surface area contributed by atoms with Crippen molar-refractivity contribution in [3.05, 3.63) is 58.2 Å². The van der Waals surface area contributed by atoms with Crippen molar-refractivity contribution in [3.63, 3.8) is 0 Å². The third-order valence-electron chi connectivity index (χ3n) is 3.12. The molecule has 2 N–H and O–H groups in total. The summed E-state index contributed by atoms with van der Waals surface area (Å²) < 4.78 is 0.993. The van der Waals surface area contributed by atoms with Crippen LogP contribution in [0.4, 0.5) is 5.69 Å². The fourth-order valence-electron chi connectivity index (χ4n) is 2.00. The summed E-state index contributed by atoms with van der Waals surface area (Å²) in [6, 6.07) is 11.2. The summed E-state index contributed by atoms with van der Waals surface area (Å²) in [7, 11) is 0. The van der Waals surface area contributed by atoms with Crippen molar-refractivity contribution >= 4 is 38.4 Å². The van der Waals surface area contributed by atoms with E-state index in [9.17, 15) is 4.79 Å². The van der Waals surface area contributed by atoms with E-state index in [2.05, 4.69) is 31.4 Å². The standard InChI is InChI=1S/C15H12BrN3O/c1-9-6-10(3-5-13(9)16)15(20)18-12-4-2-11-8-17-19-14(11)7-12/h2-8H,1H3,(H,17,19)(H,18,20). The van der Waals surface area contributed by atoms with Crippen LogP contribution >= 0.6 is 15.9 Å². The molecular formula is C15H12BrN3O. The van der Waals surface area contributed by atoms with Crippen LogP contribution in [0.5, 0.6) is 0 Å². The Kier molecular flexibility index (Phi) is 3.28. The molecule has 5 heteroatoms. The number of benzene rings is 2. The predicted molar refractivity (Wildman–Crippen MR) is 82.9 cm³/mol. The summed E-state index contributed by atoms with van der Waals surface area (Å²) in [6.07, 6.45) is 1.75. The van der Waals surface area contributed by atoms with E-state index in [1.165, 1.54) is 0 Å². The number of aromatic nitrogens is 2. The zero-order valence-corrected chi connectivity index (χ0v) is 12.4. The summed E-state index contributed by atoms with van der Waals surface area (Å²) in [5.74, 6) is -0.125. The van der Waals surface area contributed by atoms with Gasteiger partial charge in [0.15, 0.2) is 0 Å². The van der Waals surface area contributed by atoms with Gasteiger partial charge in [-0.15, -0.1) is 0 Å². The molecular weight excluding hydrogens is 318 g/mol. The minimum absolute atomic E-state index is 0.125. The average Bonchev–Trinajstić information content (AvgIpc) is 2.89. The molecule has 0 aliphatic rings. The van der Waals surface area contributed by atoms with E-state index in [4.69, 9.17) is 0 Å². The van der Waals surface area contributed by atoms with Crippen LogP contribution in [0, 0.1) is 6.92 Å². The lowest BCUT2D eigenvalue weighted by molar-refractivity contribution is 0.102. The number of aromatic amines is 1. The van der Waals surface area contributed by atoms with Crippen molar-refractivity contribution < 1.29 is 4.79 Å². The Balaban J connectivity index is 1.85. The number of rotatable bonds is 2. The smallest absolute Gasteiger partial charge is 0.255 e. The Hall–Kier alpha value is -2.14. The molecule has 0 bridgehead atoms. The third-order valence-corrected chi connectivity index (χ3v) is 4.01. The lowest BCUT2D eigenvalue weighted by Gasteiger charge is -2.07. The molecule has 1 heterocycles. The SMILES string of the molecule is Cc1cc(C(=O)Nc2ccc3cn[nH]c3c2)ccc1Br. The molecule has 0 fully saturated rings. The molecule has 1 amide bonds. The van der Waals surface area contributed by atoms with E-state index in [-0.39, 0.29) is 5.91 Å². The molecule has 3 rings (SSSR count). The number of nitrogens with one attached hydrogen (secondary N) is 2. The second-order valence-electron chi connectivity index (χ2n) is 4.59. The van der Waals surface area contributed by atoms with Gasteiger partial charge in [-0.3, -0.25) is 9.89 Å². The zero-order chi connectivity index (χ0) is 14.1. The highest BCUT2D eigenvalue weighted by atomic mass is 79.9. The van der Waals surface area contributed by atoms with Gasteiger partial charge in [-0.2, -0.15) is 5.10 Å². The van der Waals surface area contributed by atoms with E-state index < -0.39 is 0 Å². The minimum Gasteiger partial charge on any atom is -0.322 e. The molecule has 0 aliphatic carbocycles. The Morgan fingerprint density at radius 2 is 2.10 bits per heavy atom. The number of amides is 1. The van der Waals surface area contributed by atoms with E-state index in [0.717, 1.165) is 26.6 Å². The van der Waals surface area contributed by atoms with E-state index in [1.54, 1.807) is 12.3 Å². The summed E-state index contributed by atoms with van der Waals surface area (Å²) in [6.45, 7) is 1.96. The predicted octanol–water partition coefficient (Wildman–Crippen LogP) is 3.89. The molecule has 20 heavy (non-hydrogen) atoms. The highest BCUT2D eigenvalue weighted by Crippen LogP contribution is 2.20. The maximum atomic E-state index is 12.2. The Labute approximate surface area is 124 Å². The van der Waals surface area contributed by atoms with Gasteiger partial charge < -0.3 is 5.32 Å². The van der Waals surface area contributed by atoms with Crippen molar-refractivity contribution in [2.45, 2.75) is 6.92 Å². The van der Waals surface area contributed by atoms with Crippen LogP contribution in [0.3, 0.4) is 0 Å². The van der Waals surface area contributed by atoms with Crippen molar-refractivity contribution in [3.8, 4) is 0 Å². The second kappa shape index (κ2) is 5.09. The first-order valence-corrected chi connectivity index (χ1v) is 6.93. The van der Waals surface area contributed by atoms with Crippen LogP contribution in [0.1, 0.15) is 15.9 Å². The fraction of sp³-hybridized carbons (Fsp3) is 0.0667. The fourth-order valence-corrected chi connectivity index (χ4v) is 2.25. The monoisotopic (exact) mass is 329 g/mol. The van der Waals surface area contributed by atoms with Crippen molar-refractivity contribution in [1.82, 2.24) is 10.2 Å². The molecule has 0 saturated heterocycles. The first kappa shape index (κ1) is 12.9. The number of nitrogens with zero attached hydrogens (tertiary/aromatic N) is 1. The molecule has 0 radical (unpaired) electrons. The van der Waals surface area contributed by atoms with Gasteiger partial charge in [-0.25, -0.2) is 0 Å². The lowest BCUT2D eigenvalue weighted by Crippen LogP contribution is -2.11. The lowest BCUT2D eigenvalue weighted by atomic mass is 10.1. The van der Waals surface area contributed by atoms with Gasteiger partial charge in [0.2, 0.25) is 0 Å². The number of halogens is 1. The first-order chi connectivity index (χ1) is 9.63. The van der Waals surface area contributed by atoms with Crippen LogP contribution in [0.2, 0.25) is 0 Å². The van der Waals surface area contributed by atoms with Gasteiger partial charge in [0.25, 0.3) is 5.91 Å². The molecule has 0 spiro atoms. The number of fused-ring (bicyclic) bond motifs is 1. The quantitative estimate of drug-likeness (QED) is 0.749. The molecule has 3 aromatic rings. The van der Waals surface area contributed by atoms with Crippen LogP contribution in [0.25, 0.3) is 10.9 Å². The molecule has 0 atom stereocenters. The van der Waals surface area contributed by atoms with Gasteiger partial charge in [0.1, 0.15) is 0 Å². The van der Waals surface area contributed by atoms with Crippen LogP contribution in [-0.2, 0) is 0 Å². The zero-order valence-electron chi connectivity index (χ0n) is 10.8. The van der Waals surface area contributed by atoms with Crippen LogP contribution in [0.15, 0.2) is 47.1 Å². The number of hydrogen-bond donors (Lipinski definition) is 2. The van der Waals surface area contributed by atoms with Gasteiger partial charge in [-0.1, -0.05) is 15.9 Å². The molecule has 0 unspecified atom stereocenters. The molecule has 0 saturated carbocycles. The number of hydrogen-bond acceptors (Lipinski definition) is 2. The summed E-state index contributed by atoms with van der Waals surface area (Å²) in [4.78, 5) is 12.2. The second-order valence-corrected chi connectivity index (χ2v) is 5.44. The van der Waals surface area contributed by atoms with Crippen molar-refractivity contribution in [2.24, 2.45) is 0 Å². The highest BCUT2D eigenvalue weighted by Gasteiger charge is 2.08.